The minimum atomic E-state index is 0.171. The van der Waals surface area contributed by atoms with E-state index in [9.17, 15) is 0 Å². The Kier molecular flexibility index (Phi) is 3.06. The fourth-order valence-corrected chi connectivity index (χ4v) is 3.55. The number of tetrazole rings is 1. The van der Waals surface area contributed by atoms with E-state index in [2.05, 4.69) is 15.5 Å². The molecule has 2 aliphatic heterocycles. The molecule has 2 aliphatic rings. The summed E-state index contributed by atoms with van der Waals surface area (Å²) in [6.45, 7) is 0. The Morgan fingerprint density at radius 1 is 1.29 bits per heavy atom. The van der Waals surface area contributed by atoms with Crippen molar-refractivity contribution in [3.05, 3.63) is 22.2 Å². The highest BCUT2D eigenvalue weighted by Gasteiger charge is 2.43. The number of anilines is 1. The van der Waals surface area contributed by atoms with Gasteiger partial charge in [0.15, 0.2) is 5.82 Å². The highest BCUT2D eigenvalue weighted by Crippen LogP contribution is 2.43. The first-order chi connectivity index (χ1) is 10.1. The average Bonchev–Trinajstić information content (AvgIpc) is 3.18. The zero-order chi connectivity index (χ0) is 14.6. The average molecular weight is 326 g/mol. The predicted octanol–water partition coefficient (Wildman–Crippen LogP) is 2.72. The van der Waals surface area contributed by atoms with Gasteiger partial charge >= 0.3 is 0 Å². The van der Waals surface area contributed by atoms with E-state index >= 15 is 0 Å². The number of hydrogen-bond acceptors (Lipinski definition) is 5. The molecule has 2 bridgehead atoms. The van der Waals surface area contributed by atoms with Gasteiger partial charge in [-0.15, -0.1) is 5.10 Å². The van der Waals surface area contributed by atoms with E-state index in [1.54, 1.807) is 12.1 Å². The normalized spacial score (nSPS) is 27.4. The Hall–Kier alpha value is -1.37. The third kappa shape index (κ3) is 2.09. The molecule has 3 unspecified atom stereocenters. The lowest BCUT2D eigenvalue weighted by atomic mass is 9.95. The number of rotatable bonds is 2. The van der Waals surface area contributed by atoms with Gasteiger partial charge in [0.05, 0.1) is 34.0 Å². The molecule has 3 atom stereocenters. The van der Waals surface area contributed by atoms with Crippen LogP contribution in [-0.4, -0.2) is 32.4 Å². The third-order valence-corrected chi connectivity index (χ3v) is 5.01. The lowest BCUT2D eigenvalue weighted by Gasteiger charge is -2.19. The van der Waals surface area contributed by atoms with Crippen LogP contribution in [0.3, 0.4) is 0 Å². The second-order valence-corrected chi connectivity index (χ2v) is 6.27. The van der Waals surface area contributed by atoms with Gasteiger partial charge in [-0.05, 0) is 41.8 Å². The molecule has 2 N–H and O–H groups in total. The molecule has 0 spiro atoms. The predicted molar refractivity (Wildman–Crippen MR) is 79.2 cm³/mol. The Morgan fingerprint density at radius 2 is 2.14 bits per heavy atom. The molecule has 2 saturated heterocycles. The Labute approximate surface area is 131 Å². The van der Waals surface area contributed by atoms with E-state index in [0.29, 0.717) is 27.7 Å². The van der Waals surface area contributed by atoms with Crippen molar-refractivity contribution in [3.63, 3.8) is 0 Å². The van der Waals surface area contributed by atoms with Crippen LogP contribution < -0.4 is 5.73 Å². The van der Waals surface area contributed by atoms with Crippen LogP contribution in [0.5, 0.6) is 0 Å². The number of benzene rings is 1. The van der Waals surface area contributed by atoms with E-state index in [1.807, 2.05) is 4.68 Å². The fourth-order valence-electron chi connectivity index (χ4n) is 3.21. The van der Waals surface area contributed by atoms with Crippen LogP contribution >= 0.6 is 23.2 Å². The van der Waals surface area contributed by atoms with Gasteiger partial charge in [-0.3, -0.25) is 0 Å². The molecule has 2 aromatic rings. The van der Waals surface area contributed by atoms with Crippen LogP contribution in [0.1, 0.15) is 25.3 Å². The summed E-state index contributed by atoms with van der Waals surface area (Å²) in [6.07, 6.45) is 3.64. The summed E-state index contributed by atoms with van der Waals surface area (Å²) >= 11 is 12.1. The lowest BCUT2D eigenvalue weighted by molar-refractivity contribution is 0.0922. The zero-order valence-electron chi connectivity index (χ0n) is 11.0. The number of aromatic nitrogens is 4. The molecule has 0 aliphatic carbocycles. The molecule has 110 valence electrons. The van der Waals surface area contributed by atoms with Crippen molar-refractivity contribution in [1.82, 2.24) is 20.2 Å². The van der Waals surface area contributed by atoms with Crippen molar-refractivity contribution in [3.8, 4) is 11.4 Å². The SMILES string of the molecule is Nc1cc(-c2nnnn2C2CC3CCC2O3)cc(Cl)c1Cl. The lowest BCUT2D eigenvalue weighted by Crippen LogP contribution is -2.22. The molecule has 0 radical (unpaired) electrons. The highest BCUT2D eigenvalue weighted by molar-refractivity contribution is 6.43. The first-order valence-electron chi connectivity index (χ1n) is 6.81. The monoisotopic (exact) mass is 325 g/mol. The minimum absolute atomic E-state index is 0.171. The van der Waals surface area contributed by atoms with Crippen molar-refractivity contribution in [2.24, 2.45) is 0 Å². The van der Waals surface area contributed by atoms with Gasteiger partial charge in [0.2, 0.25) is 0 Å². The summed E-state index contributed by atoms with van der Waals surface area (Å²) in [6, 6.07) is 3.64. The van der Waals surface area contributed by atoms with Gasteiger partial charge < -0.3 is 10.5 Å². The minimum Gasteiger partial charge on any atom is -0.397 e. The molecule has 1 aromatic carbocycles. The summed E-state index contributed by atoms with van der Waals surface area (Å²) in [5.74, 6) is 0.640. The topological polar surface area (TPSA) is 78.9 Å². The second-order valence-electron chi connectivity index (χ2n) is 5.49. The Bertz CT molecular complexity index is 681. The molecule has 8 heteroatoms. The van der Waals surface area contributed by atoms with Gasteiger partial charge in [0, 0.05) is 5.56 Å². The van der Waals surface area contributed by atoms with Gasteiger partial charge in [-0.1, -0.05) is 23.2 Å². The highest BCUT2D eigenvalue weighted by atomic mass is 35.5. The van der Waals surface area contributed by atoms with Crippen LogP contribution in [0, 0.1) is 0 Å². The molecule has 2 fully saturated rings. The molecule has 21 heavy (non-hydrogen) atoms. The van der Waals surface area contributed by atoms with Crippen LogP contribution in [0.4, 0.5) is 5.69 Å². The second kappa shape index (κ2) is 4.83. The molecule has 6 nitrogen and oxygen atoms in total. The zero-order valence-corrected chi connectivity index (χ0v) is 12.6. The summed E-state index contributed by atoms with van der Waals surface area (Å²) in [4.78, 5) is 0. The molecule has 3 heterocycles. The first-order valence-corrected chi connectivity index (χ1v) is 7.57. The van der Waals surface area contributed by atoms with Crippen molar-refractivity contribution in [2.75, 3.05) is 5.73 Å². The molecule has 1 aromatic heterocycles. The summed E-state index contributed by atoms with van der Waals surface area (Å²) in [5, 5.41) is 12.8. The van der Waals surface area contributed by atoms with Crippen LogP contribution in [0.15, 0.2) is 12.1 Å². The Morgan fingerprint density at radius 3 is 2.81 bits per heavy atom. The van der Waals surface area contributed by atoms with Gasteiger partial charge in [0.25, 0.3) is 0 Å². The maximum atomic E-state index is 6.10. The van der Waals surface area contributed by atoms with Gasteiger partial charge in [-0.2, -0.15) is 0 Å². The maximum absolute atomic E-state index is 6.10. The van der Waals surface area contributed by atoms with Crippen molar-refractivity contribution < 1.29 is 4.74 Å². The molecular formula is C13H13Cl2N5O. The molecular weight excluding hydrogens is 313 g/mol. The van der Waals surface area contributed by atoms with Crippen molar-refractivity contribution >= 4 is 28.9 Å². The summed E-state index contributed by atoms with van der Waals surface area (Å²) < 4.78 is 7.70. The third-order valence-electron chi connectivity index (χ3n) is 4.20. The first kappa shape index (κ1) is 13.3. The molecule has 0 saturated carbocycles. The molecule has 4 rings (SSSR count). The van der Waals surface area contributed by atoms with E-state index in [-0.39, 0.29) is 12.1 Å². The van der Waals surface area contributed by atoms with E-state index in [0.717, 1.165) is 24.8 Å². The Balaban J connectivity index is 1.76. The molecule has 0 amide bonds. The van der Waals surface area contributed by atoms with Gasteiger partial charge in [0.1, 0.15) is 0 Å². The summed E-state index contributed by atoms with van der Waals surface area (Å²) in [5.41, 5.74) is 7.05. The van der Waals surface area contributed by atoms with Crippen molar-refractivity contribution in [1.29, 1.82) is 0 Å². The van der Waals surface area contributed by atoms with E-state index < -0.39 is 0 Å². The number of fused-ring (bicyclic) bond motifs is 2. The van der Waals surface area contributed by atoms with E-state index in [1.165, 1.54) is 0 Å². The van der Waals surface area contributed by atoms with Gasteiger partial charge in [-0.25, -0.2) is 4.68 Å². The fraction of sp³-hybridized carbons (Fsp3) is 0.462. The van der Waals surface area contributed by atoms with Crippen LogP contribution in [0.2, 0.25) is 10.0 Å². The largest absolute Gasteiger partial charge is 0.397 e. The summed E-state index contributed by atoms with van der Waals surface area (Å²) in [7, 11) is 0. The smallest absolute Gasteiger partial charge is 0.182 e. The number of ether oxygens (including phenoxy) is 1. The maximum Gasteiger partial charge on any atom is 0.182 e. The van der Waals surface area contributed by atoms with E-state index in [4.69, 9.17) is 33.7 Å². The number of hydrogen-bond donors (Lipinski definition) is 1. The number of nitrogen functional groups attached to an aromatic ring is 1. The number of nitrogens with two attached hydrogens (primary N) is 1. The quantitative estimate of drug-likeness (QED) is 0.859. The standard InChI is InChI=1S/C13H13Cl2N5O/c14-8-3-6(4-9(16)12(8)15)13-17-18-19-20(13)10-5-7-1-2-11(10)21-7/h3-4,7,10-11H,1-2,5,16H2. The van der Waals surface area contributed by atoms with Crippen LogP contribution in [0.25, 0.3) is 11.4 Å². The van der Waals surface area contributed by atoms with Crippen molar-refractivity contribution in [2.45, 2.75) is 37.5 Å². The number of nitrogens with zero attached hydrogens (tertiary/aromatic N) is 4. The number of halogens is 2. The van der Waals surface area contributed by atoms with Crippen LogP contribution in [-0.2, 0) is 4.74 Å².